The molecule has 0 amide bonds. The largest absolute Gasteiger partial charge is 0.493 e. The molecule has 6 nitrogen and oxygen atoms in total. The molecule has 2 heterocycles. The van der Waals surface area contributed by atoms with Gasteiger partial charge in [0.1, 0.15) is 6.61 Å². The SMILES string of the molecule is COc1cc(C(C)NCc2cc(C(F)F)on2)ccc1OCc1ccncc1. The van der Waals surface area contributed by atoms with Crippen LogP contribution < -0.4 is 14.8 Å². The number of ether oxygens (including phenoxy) is 2. The van der Waals surface area contributed by atoms with Crippen LogP contribution in [0.4, 0.5) is 8.78 Å². The molecule has 1 N–H and O–H groups in total. The van der Waals surface area contributed by atoms with Crippen LogP contribution >= 0.6 is 0 Å². The summed E-state index contributed by atoms with van der Waals surface area (Å²) in [6.07, 6.45) is 0.763. The lowest BCUT2D eigenvalue weighted by molar-refractivity contribution is 0.112. The van der Waals surface area contributed by atoms with E-state index in [-0.39, 0.29) is 6.04 Å². The van der Waals surface area contributed by atoms with E-state index in [1.54, 1.807) is 19.5 Å². The van der Waals surface area contributed by atoms with E-state index in [4.69, 9.17) is 9.47 Å². The van der Waals surface area contributed by atoms with Crippen molar-refractivity contribution in [1.29, 1.82) is 0 Å². The Kier molecular flexibility index (Phi) is 6.54. The summed E-state index contributed by atoms with van der Waals surface area (Å²) in [5, 5.41) is 6.86. The third-order valence-electron chi connectivity index (χ3n) is 4.21. The average Bonchev–Trinajstić information content (AvgIpc) is 3.20. The van der Waals surface area contributed by atoms with Gasteiger partial charge in [-0.05, 0) is 42.3 Å². The molecule has 8 heteroatoms. The molecule has 0 saturated heterocycles. The number of alkyl halides is 2. The summed E-state index contributed by atoms with van der Waals surface area (Å²) in [7, 11) is 1.58. The normalized spacial score (nSPS) is 12.2. The molecule has 28 heavy (non-hydrogen) atoms. The van der Waals surface area contributed by atoms with Crippen molar-refractivity contribution in [3.05, 3.63) is 71.4 Å². The molecule has 2 aromatic heterocycles. The fourth-order valence-electron chi connectivity index (χ4n) is 2.60. The molecule has 0 radical (unpaired) electrons. The number of aromatic nitrogens is 2. The Hall–Kier alpha value is -3.00. The van der Waals surface area contributed by atoms with E-state index in [0.717, 1.165) is 11.1 Å². The van der Waals surface area contributed by atoms with Gasteiger partial charge in [0, 0.05) is 31.0 Å². The van der Waals surface area contributed by atoms with Crippen LogP contribution in [0.1, 0.15) is 42.0 Å². The predicted octanol–water partition coefficient (Wildman–Crippen LogP) is 4.45. The Morgan fingerprint density at radius 3 is 2.57 bits per heavy atom. The monoisotopic (exact) mass is 389 g/mol. The summed E-state index contributed by atoms with van der Waals surface area (Å²) in [6, 6.07) is 10.6. The summed E-state index contributed by atoms with van der Waals surface area (Å²) in [5.74, 6) is 0.816. The van der Waals surface area contributed by atoms with Gasteiger partial charge in [-0.15, -0.1) is 0 Å². The molecule has 0 bridgehead atoms. The van der Waals surface area contributed by atoms with E-state index >= 15 is 0 Å². The summed E-state index contributed by atoms with van der Waals surface area (Å²) in [6.45, 7) is 2.67. The van der Waals surface area contributed by atoms with E-state index in [9.17, 15) is 8.78 Å². The minimum atomic E-state index is -2.66. The lowest BCUT2D eigenvalue weighted by Gasteiger charge is -2.16. The number of rotatable bonds is 9. The molecule has 0 aliphatic rings. The van der Waals surface area contributed by atoms with Crippen molar-refractivity contribution in [2.45, 2.75) is 32.5 Å². The highest BCUT2D eigenvalue weighted by molar-refractivity contribution is 5.44. The van der Waals surface area contributed by atoms with E-state index in [0.29, 0.717) is 30.3 Å². The van der Waals surface area contributed by atoms with Crippen LogP contribution in [0.3, 0.4) is 0 Å². The van der Waals surface area contributed by atoms with Gasteiger partial charge in [0.2, 0.25) is 5.76 Å². The van der Waals surface area contributed by atoms with Crippen molar-refractivity contribution >= 4 is 0 Å². The molecule has 1 aromatic carbocycles. The van der Waals surface area contributed by atoms with Crippen LogP contribution in [-0.2, 0) is 13.2 Å². The fourth-order valence-corrected chi connectivity index (χ4v) is 2.60. The van der Waals surface area contributed by atoms with Crippen LogP contribution in [-0.4, -0.2) is 17.3 Å². The van der Waals surface area contributed by atoms with Gasteiger partial charge < -0.3 is 19.3 Å². The average molecular weight is 389 g/mol. The first kappa shape index (κ1) is 19.8. The Balaban J connectivity index is 1.61. The van der Waals surface area contributed by atoms with Crippen LogP contribution in [0, 0.1) is 0 Å². The number of benzene rings is 1. The molecule has 1 atom stereocenters. The predicted molar refractivity (Wildman–Crippen MR) is 98.3 cm³/mol. The van der Waals surface area contributed by atoms with Crippen molar-refractivity contribution in [2.24, 2.45) is 0 Å². The van der Waals surface area contributed by atoms with Crippen molar-refractivity contribution in [1.82, 2.24) is 15.5 Å². The first-order valence-electron chi connectivity index (χ1n) is 8.73. The standard InChI is InChI=1S/C20H21F2N3O3/c1-13(24-11-16-10-19(20(21)22)28-25-16)15-3-4-17(18(9-15)26-2)27-12-14-5-7-23-8-6-14/h3-10,13,20,24H,11-12H2,1-2H3. The van der Waals surface area contributed by atoms with Gasteiger partial charge in [-0.2, -0.15) is 0 Å². The van der Waals surface area contributed by atoms with Crippen molar-refractivity contribution in [3.63, 3.8) is 0 Å². The lowest BCUT2D eigenvalue weighted by Crippen LogP contribution is -2.18. The Labute approximate surface area is 161 Å². The van der Waals surface area contributed by atoms with Gasteiger partial charge >= 0.3 is 0 Å². The maximum absolute atomic E-state index is 12.6. The molecule has 0 aliphatic carbocycles. The number of hydrogen-bond acceptors (Lipinski definition) is 6. The second-order valence-corrected chi connectivity index (χ2v) is 6.18. The number of nitrogens with zero attached hydrogens (tertiary/aromatic N) is 2. The minimum absolute atomic E-state index is 0.0603. The fraction of sp³-hybridized carbons (Fsp3) is 0.300. The summed E-state index contributed by atoms with van der Waals surface area (Å²) < 4.78 is 41.0. The highest BCUT2D eigenvalue weighted by Crippen LogP contribution is 2.31. The van der Waals surface area contributed by atoms with Crippen LogP contribution in [0.25, 0.3) is 0 Å². The van der Waals surface area contributed by atoms with Gasteiger partial charge in [-0.25, -0.2) is 8.78 Å². The number of halogens is 2. The zero-order chi connectivity index (χ0) is 19.9. The number of methoxy groups -OCH3 is 1. The lowest BCUT2D eigenvalue weighted by atomic mass is 10.1. The minimum Gasteiger partial charge on any atom is -0.493 e. The third kappa shape index (κ3) is 5.04. The van der Waals surface area contributed by atoms with E-state index < -0.39 is 12.2 Å². The number of hydrogen-bond donors (Lipinski definition) is 1. The highest BCUT2D eigenvalue weighted by atomic mass is 19.3. The molecule has 148 valence electrons. The maximum Gasteiger partial charge on any atom is 0.298 e. The van der Waals surface area contributed by atoms with E-state index in [1.165, 1.54) is 6.07 Å². The van der Waals surface area contributed by atoms with E-state index in [2.05, 4.69) is 20.0 Å². The van der Waals surface area contributed by atoms with Gasteiger partial charge in [-0.3, -0.25) is 4.98 Å². The Morgan fingerprint density at radius 1 is 1.11 bits per heavy atom. The molecule has 3 aromatic rings. The van der Waals surface area contributed by atoms with Gasteiger partial charge in [0.25, 0.3) is 6.43 Å². The first-order chi connectivity index (χ1) is 13.6. The smallest absolute Gasteiger partial charge is 0.298 e. The molecule has 1 unspecified atom stereocenters. The second-order valence-electron chi connectivity index (χ2n) is 6.18. The van der Waals surface area contributed by atoms with Crippen molar-refractivity contribution in [2.75, 3.05) is 7.11 Å². The molecule has 0 spiro atoms. The van der Waals surface area contributed by atoms with Gasteiger partial charge in [0.15, 0.2) is 11.5 Å². The molecule has 0 fully saturated rings. The van der Waals surface area contributed by atoms with Crippen LogP contribution in [0.2, 0.25) is 0 Å². The molecule has 0 aliphatic heterocycles. The third-order valence-corrected chi connectivity index (χ3v) is 4.21. The topological polar surface area (TPSA) is 69.4 Å². The summed E-state index contributed by atoms with van der Waals surface area (Å²) in [4.78, 5) is 3.98. The van der Waals surface area contributed by atoms with Crippen molar-refractivity contribution in [3.8, 4) is 11.5 Å². The number of nitrogens with one attached hydrogen (secondary N) is 1. The maximum atomic E-state index is 12.6. The molecular formula is C20H21F2N3O3. The van der Waals surface area contributed by atoms with Crippen LogP contribution in [0.15, 0.2) is 53.3 Å². The quantitative estimate of drug-likeness (QED) is 0.583. The highest BCUT2D eigenvalue weighted by Gasteiger charge is 2.15. The zero-order valence-corrected chi connectivity index (χ0v) is 15.6. The summed E-state index contributed by atoms with van der Waals surface area (Å²) in [5.41, 5.74) is 2.39. The van der Waals surface area contributed by atoms with Crippen molar-refractivity contribution < 1.29 is 22.8 Å². The first-order valence-corrected chi connectivity index (χ1v) is 8.73. The Morgan fingerprint density at radius 2 is 1.89 bits per heavy atom. The van der Waals surface area contributed by atoms with Crippen LogP contribution in [0.5, 0.6) is 11.5 Å². The number of pyridine rings is 1. The Bertz CT molecular complexity index is 887. The zero-order valence-electron chi connectivity index (χ0n) is 15.6. The molecular weight excluding hydrogens is 368 g/mol. The molecule has 0 saturated carbocycles. The second kappa shape index (κ2) is 9.27. The molecule has 3 rings (SSSR count). The summed E-state index contributed by atoms with van der Waals surface area (Å²) >= 11 is 0. The van der Waals surface area contributed by atoms with Gasteiger partial charge in [-0.1, -0.05) is 11.2 Å². The van der Waals surface area contributed by atoms with Gasteiger partial charge in [0.05, 0.1) is 12.8 Å². The van der Waals surface area contributed by atoms with E-state index in [1.807, 2.05) is 37.3 Å².